The standard InChI is InChI=1S/C10H18N6O/c1-3-4-5-6-16(2)15-14-10-8(9(11)17)12-7-13-10/h7H,3-6H2,1-2H3,(H2,11,17)(H,12,13)/b15-14+. The minimum Gasteiger partial charge on any atom is -0.364 e. The summed E-state index contributed by atoms with van der Waals surface area (Å²) in [4.78, 5) is 17.5. The van der Waals surface area contributed by atoms with Gasteiger partial charge in [-0.1, -0.05) is 25.0 Å². The molecule has 1 aromatic rings. The number of imidazole rings is 1. The van der Waals surface area contributed by atoms with Crippen LogP contribution >= 0.6 is 0 Å². The van der Waals surface area contributed by atoms with E-state index in [4.69, 9.17) is 5.73 Å². The summed E-state index contributed by atoms with van der Waals surface area (Å²) >= 11 is 0. The first-order valence-corrected chi connectivity index (χ1v) is 5.61. The van der Waals surface area contributed by atoms with E-state index in [2.05, 4.69) is 27.2 Å². The SMILES string of the molecule is CCCCCN(C)/N=N/c1nc[nH]c1C(N)=O. The maximum absolute atomic E-state index is 11.0. The summed E-state index contributed by atoms with van der Waals surface area (Å²) in [7, 11) is 1.83. The fourth-order valence-corrected chi connectivity index (χ4v) is 1.30. The minimum absolute atomic E-state index is 0.177. The number of unbranched alkanes of at least 4 members (excludes halogenated alkanes) is 2. The third-order valence-electron chi connectivity index (χ3n) is 2.24. The summed E-state index contributed by atoms with van der Waals surface area (Å²) in [6.07, 6.45) is 4.76. The first kappa shape index (κ1) is 13.1. The molecule has 7 heteroatoms. The van der Waals surface area contributed by atoms with Crippen LogP contribution in [0.1, 0.15) is 36.7 Å². The van der Waals surface area contributed by atoms with Crippen LogP contribution in [-0.4, -0.2) is 34.5 Å². The Bertz CT molecular complexity index is 386. The molecule has 17 heavy (non-hydrogen) atoms. The van der Waals surface area contributed by atoms with Crippen LogP contribution in [0.2, 0.25) is 0 Å². The third kappa shape index (κ3) is 4.21. The molecule has 94 valence electrons. The molecule has 0 saturated carbocycles. The topological polar surface area (TPSA) is 99.7 Å². The second-order valence-electron chi connectivity index (χ2n) is 3.74. The van der Waals surface area contributed by atoms with Gasteiger partial charge in [0.2, 0.25) is 5.82 Å². The van der Waals surface area contributed by atoms with E-state index in [0.29, 0.717) is 0 Å². The van der Waals surface area contributed by atoms with Gasteiger partial charge in [0.05, 0.1) is 6.33 Å². The Morgan fingerprint density at radius 3 is 3.00 bits per heavy atom. The smallest absolute Gasteiger partial charge is 0.269 e. The Hall–Kier alpha value is -1.92. The highest BCUT2D eigenvalue weighted by Crippen LogP contribution is 2.13. The number of amides is 1. The Balaban J connectivity index is 2.52. The number of nitrogens with two attached hydrogens (primary N) is 1. The highest BCUT2D eigenvalue weighted by Gasteiger charge is 2.10. The van der Waals surface area contributed by atoms with E-state index in [1.165, 1.54) is 6.33 Å². The zero-order valence-corrected chi connectivity index (χ0v) is 10.2. The van der Waals surface area contributed by atoms with E-state index in [0.717, 1.165) is 25.8 Å². The average Bonchev–Trinajstić information content (AvgIpc) is 2.75. The van der Waals surface area contributed by atoms with Gasteiger partial charge in [-0.3, -0.25) is 9.80 Å². The Labute approximate surface area is 100 Å². The lowest BCUT2D eigenvalue weighted by atomic mass is 10.2. The summed E-state index contributed by atoms with van der Waals surface area (Å²) in [6.45, 7) is 2.97. The zero-order chi connectivity index (χ0) is 12.7. The van der Waals surface area contributed by atoms with E-state index in [-0.39, 0.29) is 11.5 Å². The predicted octanol–water partition coefficient (Wildman–Crippen LogP) is 1.63. The number of aromatic amines is 1. The fraction of sp³-hybridized carbons (Fsp3) is 0.600. The molecule has 0 aromatic carbocycles. The van der Waals surface area contributed by atoms with Gasteiger partial charge in [-0.2, -0.15) is 0 Å². The fourth-order valence-electron chi connectivity index (χ4n) is 1.30. The second kappa shape index (κ2) is 6.62. The first-order chi connectivity index (χ1) is 8.15. The molecule has 0 aliphatic carbocycles. The number of aromatic nitrogens is 2. The highest BCUT2D eigenvalue weighted by atomic mass is 16.1. The van der Waals surface area contributed by atoms with Gasteiger partial charge >= 0.3 is 0 Å². The maximum Gasteiger partial charge on any atom is 0.269 e. The van der Waals surface area contributed by atoms with E-state index >= 15 is 0 Å². The molecule has 0 spiro atoms. The van der Waals surface area contributed by atoms with Crippen molar-refractivity contribution in [3.63, 3.8) is 0 Å². The highest BCUT2D eigenvalue weighted by molar-refractivity contribution is 5.94. The molecule has 1 amide bonds. The Morgan fingerprint density at radius 1 is 1.59 bits per heavy atom. The van der Waals surface area contributed by atoms with Gasteiger partial charge < -0.3 is 10.7 Å². The summed E-state index contributed by atoms with van der Waals surface area (Å²) in [6, 6.07) is 0. The van der Waals surface area contributed by atoms with Gasteiger partial charge in [0.1, 0.15) is 0 Å². The van der Waals surface area contributed by atoms with Gasteiger partial charge in [0, 0.05) is 13.6 Å². The van der Waals surface area contributed by atoms with E-state index in [1.54, 1.807) is 5.01 Å². The number of rotatable bonds is 7. The van der Waals surface area contributed by atoms with Crippen LogP contribution in [0.15, 0.2) is 16.7 Å². The van der Waals surface area contributed by atoms with Crippen LogP contribution in [0.5, 0.6) is 0 Å². The molecule has 0 aliphatic heterocycles. The van der Waals surface area contributed by atoms with Crippen molar-refractivity contribution in [2.45, 2.75) is 26.2 Å². The second-order valence-corrected chi connectivity index (χ2v) is 3.74. The number of carbonyl (C=O) groups excluding carboxylic acids is 1. The molecule has 0 radical (unpaired) electrons. The number of hydrogen-bond acceptors (Lipinski definition) is 4. The van der Waals surface area contributed by atoms with Crippen molar-refractivity contribution < 1.29 is 4.79 Å². The Morgan fingerprint density at radius 2 is 2.35 bits per heavy atom. The molecule has 0 atom stereocenters. The molecule has 0 fully saturated rings. The van der Waals surface area contributed by atoms with Crippen LogP contribution in [0.4, 0.5) is 5.82 Å². The molecule has 3 N–H and O–H groups in total. The van der Waals surface area contributed by atoms with Crippen LogP contribution in [0, 0.1) is 0 Å². The van der Waals surface area contributed by atoms with Crippen molar-refractivity contribution in [1.82, 2.24) is 15.0 Å². The molecule has 0 unspecified atom stereocenters. The molecular weight excluding hydrogens is 220 g/mol. The summed E-state index contributed by atoms with van der Waals surface area (Å²) < 4.78 is 0. The third-order valence-corrected chi connectivity index (χ3v) is 2.24. The van der Waals surface area contributed by atoms with Gasteiger partial charge in [-0.05, 0) is 6.42 Å². The summed E-state index contributed by atoms with van der Waals surface area (Å²) in [5.74, 6) is -0.370. The van der Waals surface area contributed by atoms with Crippen molar-refractivity contribution >= 4 is 11.7 Å². The largest absolute Gasteiger partial charge is 0.364 e. The molecular formula is C10H18N6O. The molecule has 0 saturated heterocycles. The monoisotopic (exact) mass is 238 g/mol. The van der Waals surface area contributed by atoms with E-state index < -0.39 is 5.91 Å². The van der Waals surface area contributed by atoms with Crippen molar-refractivity contribution in [1.29, 1.82) is 0 Å². The lowest BCUT2D eigenvalue weighted by Crippen LogP contribution is -2.12. The van der Waals surface area contributed by atoms with Crippen molar-refractivity contribution in [2.24, 2.45) is 16.1 Å². The molecule has 1 aromatic heterocycles. The van der Waals surface area contributed by atoms with E-state index in [9.17, 15) is 4.79 Å². The number of nitrogens with one attached hydrogen (secondary N) is 1. The quantitative estimate of drug-likeness (QED) is 0.429. The number of H-pyrrole nitrogens is 1. The van der Waals surface area contributed by atoms with Crippen LogP contribution in [0.25, 0.3) is 0 Å². The molecule has 7 nitrogen and oxygen atoms in total. The van der Waals surface area contributed by atoms with Crippen molar-refractivity contribution in [2.75, 3.05) is 13.6 Å². The normalized spacial score (nSPS) is 10.9. The van der Waals surface area contributed by atoms with Gasteiger partial charge in [-0.15, -0.1) is 5.11 Å². The van der Waals surface area contributed by atoms with Crippen molar-refractivity contribution in [3.05, 3.63) is 12.0 Å². The number of carbonyl (C=O) groups is 1. The van der Waals surface area contributed by atoms with Gasteiger partial charge in [0.15, 0.2) is 5.69 Å². The maximum atomic E-state index is 11.0. The molecule has 0 aliphatic rings. The van der Waals surface area contributed by atoms with Gasteiger partial charge in [0.25, 0.3) is 5.91 Å². The zero-order valence-electron chi connectivity index (χ0n) is 10.2. The minimum atomic E-state index is -0.593. The van der Waals surface area contributed by atoms with Crippen LogP contribution in [-0.2, 0) is 0 Å². The first-order valence-electron chi connectivity index (χ1n) is 5.61. The molecule has 0 bridgehead atoms. The number of hydrogen-bond donors (Lipinski definition) is 2. The molecule has 1 heterocycles. The molecule has 1 rings (SSSR count). The van der Waals surface area contributed by atoms with E-state index in [1.807, 2.05) is 7.05 Å². The lowest BCUT2D eigenvalue weighted by molar-refractivity contribution is 0.0996. The lowest BCUT2D eigenvalue weighted by Gasteiger charge is -2.09. The number of primary amides is 1. The van der Waals surface area contributed by atoms with Crippen molar-refractivity contribution in [3.8, 4) is 0 Å². The number of nitrogens with zero attached hydrogens (tertiary/aromatic N) is 4. The van der Waals surface area contributed by atoms with Gasteiger partial charge in [-0.25, -0.2) is 4.98 Å². The average molecular weight is 238 g/mol. The summed E-state index contributed by atoms with van der Waals surface area (Å²) in [5, 5.41) is 9.54. The predicted molar refractivity (Wildman–Crippen MR) is 63.8 cm³/mol. The van der Waals surface area contributed by atoms with Crippen LogP contribution in [0.3, 0.4) is 0 Å². The summed E-state index contributed by atoms with van der Waals surface area (Å²) in [5.41, 5.74) is 5.31. The Kier molecular flexibility index (Phi) is 5.12. The van der Waals surface area contributed by atoms with Crippen LogP contribution < -0.4 is 5.73 Å².